The fourth-order valence-corrected chi connectivity index (χ4v) is 4.01. The molecule has 0 aliphatic carbocycles. The van der Waals surface area contributed by atoms with E-state index in [0.29, 0.717) is 23.2 Å². The first-order valence-corrected chi connectivity index (χ1v) is 10.4. The Labute approximate surface area is 171 Å². The molecular weight excluding hydrogens is 395 g/mol. The highest BCUT2D eigenvalue weighted by atomic mass is 32.2. The summed E-state index contributed by atoms with van der Waals surface area (Å²) in [5, 5.41) is 11.9. The lowest BCUT2D eigenvalue weighted by Gasteiger charge is -2.14. The van der Waals surface area contributed by atoms with Gasteiger partial charge in [-0.25, -0.2) is 4.39 Å². The first-order valence-electron chi connectivity index (χ1n) is 9.37. The number of nitrogens with one attached hydrogen (secondary N) is 1. The summed E-state index contributed by atoms with van der Waals surface area (Å²) >= 11 is 1.28. The fraction of sp³-hybridized carbons (Fsp3) is 0.350. The molecule has 1 aromatic carbocycles. The maximum absolute atomic E-state index is 13.3. The average molecular weight is 416 g/mol. The van der Waals surface area contributed by atoms with Gasteiger partial charge in [0.05, 0.1) is 30.2 Å². The maximum atomic E-state index is 13.3. The number of anilines is 1. The third-order valence-electron chi connectivity index (χ3n) is 4.67. The van der Waals surface area contributed by atoms with Crippen LogP contribution in [0.25, 0.3) is 11.4 Å². The van der Waals surface area contributed by atoms with E-state index in [1.54, 1.807) is 18.4 Å². The number of ether oxygens (including phenoxy) is 1. The molecule has 9 heteroatoms. The fourth-order valence-electron chi connectivity index (χ4n) is 3.26. The van der Waals surface area contributed by atoms with Crippen LogP contribution in [0.15, 0.2) is 46.2 Å². The number of aromatic nitrogens is 3. The van der Waals surface area contributed by atoms with Crippen molar-refractivity contribution >= 4 is 23.4 Å². The van der Waals surface area contributed by atoms with Gasteiger partial charge in [0.15, 0.2) is 11.0 Å². The summed E-state index contributed by atoms with van der Waals surface area (Å²) in [6, 6.07) is 7.66. The van der Waals surface area contributed by atoms with Gasteiger partial charge in [-0.3, -0.25) is 9.36 Å². The van der Waals surface area contributed by atoms with Crippen molar-refractivity contribution in [2.24, 2.45) is 0 Å². The van der Waals surface area contributed by atoms with Gasteiger partial charge in [-0.05, 0) is 44.0 Å². The minimum atomic E-state index is -0.396. The van der Waals surface area contributed by atoms with Crippen LogP contribution in [0.1, 0.15) is 18.6 Å². The number of nitrogens with zero attached hydrogens (tertiary/aromatic N) is 3. The summed E-state index contributed by atoms with van der Waals surface area (Å²) < 4.78 is 26.5. The van der Waals surface area contributed by atoms with Crippen LogP contribution in [-0.2, 0) is 16.1 Å². The zero-order chi connectivity index (χ0) is 20.2. The van der Waals surface area contributed by atoms with E-state index in [4.69, 9.17) is 9.15 Å². The Hall–Kier alpha value is -2.65. The van der Waals surface area contributed by atoms with Crippen molar-refractivity contribution in [1.29, 1.82) is 0 Å². The molecule has 0 bridgehead atoms. The molecule has 7 nitrogen and oxygen atoms in total. The Morgan fingerprint density at radius 3 is 3.00 bits per heavy atom. The average Bonchev–Trinajstić information content (AvgIpc) is 3.42. The molecule has 1 aliphatic rings. The predicted molar refractivity (Wildman–Crippen MR) is 107 cm³/mol. The lowest BCUT2D eigenvalue weighted by Crippen LogP contribution is -2.18. The lowest BCUT2D eigenvalue weighted by atomic mass is 10.2. The number of furan rings is 1. The largest absolute Gasteiger partial charge is 0.469 e. The van der Waals surface area contributed by atoms with Crippen LogP contribution in [0.3, 0.4) is 0 Å². The van der Waals surface area contributed by atoms with Gasteiger partial charge in [-0.15, -0.1) is 10.2 Å². The van der Waals surface area contributed by atoms with Crippen LogP contribution < -0.4 is 5.32 Å². The number of thioether (sulfide) groups is 1. The van der Waals surface area contributed by atoms with E-state index in [2.05, 4.69) is 15.5 Å². The van der Waals surface area contributed by atoms with Gasteiger partial charge in [-0.1, -0.05) is 17.8 Å². The van der Waals surface area contributed by atoms with Crippen molar-refractivity contribution in [3.05, 3.63) is 48.2 Å². The number of amides is 1. The summed E-state index contributed by atoms with van der Waals surface area (Å²) in [6.07, 6.45) is 3.73. The lowest BCUT2D eigenvalue weighted by molar-refractivity contribution is -0.113. The molecule has 1 atom stereocenters. The number of halogens is 1. The number of carbonyl (C=O) groups excluding carboxylic acids is 1. The minimum absolute atomic E-state index is 0.0948. The number of benzene rings is 1. The number of aryl methyl sites for hydroxylation is 1. The molecule has 1 amide bonds. The third-order valence-corrected chi connectivity index (χ3v) is 5.63. The monoisotopic (exact) mass is 416 g/mol. The highest BCUT2D eigenvalue weighted by Crippen LogP contribution is 2.29. The minimum Gasteiger partial charge on any atom is -0.469 e. The first-order chi connectivity index (χ1) is 14.1. The Morgan fingerprint density at radius 1 is 1.38 bits per heavy atom. The van der Waals surface area contributed by atoms with Gasteiger partial charge in [-0.2, -0.15) is 0 Å². The third kappa shape index (κ3) is 4.68. The van der Waals surface area contributed by atoms with Gasteiger partial charge in [0.2, 0.25) is 5.91 Å². The molecule has 29 heavy (non-hydrogen) atoms. The Morgan fingerprint density at radius 2 is 2.28 bits per heavy atom. The molecular formula is C20H21FN4O3S. The summed E-state index contributed by atoms with van der Waals surface area (Å²) in [5.41, 5.74) is 1.29. The van der Waals surface area contributed by atoms with E-state index < -0.39 is 5.82 Å². The quantitative estimate of drug-likeness (QED) is 0.589. The number of hydrogen-bond donors (Lipinski definition) is 1. The summed E-state index contributed by atoms with van der Waals surface area (Å²) in [7, 11) is 0. The SMILES string of the molecule is Cc1occc1-c1nnc(SCC(=O)Nc2cccc(F)c2)n1CC1CCCO1. The van der Waals surface area contributed by atoms with Crippen LogP contribution in [0.4, 0.5) is 10.1 Å². The Bertz CT molecular complexity index is 997. The molecule has 2 aromatic heterocycles. The zero-order valence-electron chi connectivity index (χ0n) is 15.9. The first kappa shape index (κ1) is 19.7. The van der Waals surface area contributed by atoms with Crippen molar-refractivity contribution in [3.63, 3.8) is 0 Å². The van der Waals surface area contributed by atoms with Crippen molar-refractivity contribution in [2.45, 2.75) is 37.6 Å². The smallest absolute Gasteiger partial charge is 0.234 e. The number of rotatable bonds is 7. The van der Waals surface area contributed by atoms with Crippen molar-refractivity contribution in [1.82, 2.24) is 14.8 Å². The molecule has 152 valence electrons. The molecule has 1 fully saturated rings. The second-order valence-electron chi connectivity index (χ2n) is 6.79. The highest BCUT2D eigenvalue weighted by molar-refractivity contribution is 7.99. The van der Waals surface area contributed by atoms with Crippen molar-refractivity contribution < 1.29 is 18.3 Å². The molecule has 3 heterocycles. The topological polar surface area (TPSA) is 82.2 Å². The van der Waals surface area contributed by atoms with E-state index in [1.807, 2.05) is 17.6 Å². The van der Waals surface area contributed by atoms with Crippen LogP contribution in [0.2, 0.25) is 0 Å². The molecule has 0 saturated carbocycles. The molecule has 1 unspecified atom stereocenters. The van der Waals surface area contributed by atoms with Gasteiger partial charge in [0, 0.05) is 12.3 Å². The second kappa shape index (κ2) is 8.79. The van der Waals surface area contributed by atoms with E-state index in [0.717, 1.165) is 30.8 Å². The molecule has 0 radical (unpaired) electrons. The van der Waals surface area contributed by atoms with E-state index in [-0.39, 0.29) is 17.8 Å². The molecule has 1 N–H and O–H groups in total. The predicted octanol–water partition coefficient (Wildman–Crippen LogP) is 3.90. The summed E-state index contributed by atoms with van der Waals surface area (Å²) in [5.74, 6) is 0.941. The van der Waals surface area contributed by atoms with Gasteiger partial charge < -0.3 is 14.5 Å². The number of carbonyl (C=O) groups is 1. The highest BCUT2D eigenvalue weighted by Gasteiger charge is 2.23. The van der Waals surface area contributed by atoms with Gasteiger partial charge in [0.25, 0.3) is 0 Å². The standard InChI is InChI=1S/C20H21FN4O3S/c1-13-17(7-9-27-13)19-23-24-20(25(19)11-16-6-3-8-28-16)29-12-18(26)22-15-5-2-4-14(21)10-15/h2,4-5,7,9-10,16H,3,6,8,11-12H2,1H3,(H,22,26). The summed E-state index contributed by atoms with van der Waals surface area (Å²) in [4.78, 5) is 12.3. The molecule has 0 spiro atoms. The van der Waals surface area contributed by atoms with Crippen LogP contribution >= 0.6 is 11.8 Å². The number of hydrogen-bond acceptors (Lipinski definition) is 6. The van der Waals surface area contributed by atoms with E-state index in [9.17, 15) is 9.18 Å². The molecule has 1 saturated heterocycles. The maximum Gasteiger partial charge on any atom is 0.234 e. The Kier molecular flexibility index (Phi) is 5.96. The summed E-state index contributed by atoms with van der Waals surface area (Å²) in [6.45, 7) is 3.24. The molecule has 4 rings (SSSR count). The van der Waals surface area contributed by atoms with Crippen molar-refractivity contribution in [3.8, 4) is 11.4 Å². The van der Waals surface area contributed by atoms with Crippen LogP contribution in [0.5, 0.6) is 0 Å². The van der Waals surface area contributed by atoms with Crippen LogP contribution in [-0.4, -0.2) is 39.1 Å². The van der Waals surface area contributed by atoms with Crippen molar-refractivity contribution in [2.75, 3.05) is 17.7 Å². The Balaban J connectivity index is 1.49. The van der Waals surface area contributed by atoms with Gasteiger partial charge >= 0.3 is 0 Å². The van der Waals surface area contributed by atoms with Crippen LogP contribution in [0, 0.1) is 12.7 Å². The molecule has 3 aromatic rings. The van der Waals surface area contributed by atoms with E-state index >= 15 is 0 Å². The van der Waals surface area contributed by atoms with E-state index in [1.165, 1.54) is 23.9 Å². The van der Waals surface area contributed by atoms with Gasteiger partial charge in [0.1, 0.15) is 11.6 Å². The zero-order valence-corrected chi connectivity index (χ0v) is 16.7. The normalized spacial score (nSPS) is 16.3. The molecule has 1 aliphatic heterocycles. The second-order valence-corrected chi connectivity index (χ2v) is 7.73.